The van der Waals surface area contributed by atoms with Crippen molar-refractivity contribution in [3.05, 3.63) is 36.2 Å². The fourth-order valence-electron chi connectivity index (χ4n) is 1.23. The molecule has 1 radical (unpaired) electrons. The Morgan fingerprint density at radius 3 is 2.36 bits per heavy atom. The second kappa shape index (κ2) is 3.90. The Labute approximate surface area is 80.7 Å². The molecule has 0 aliphatic heterocycles. The number of aryl methyl sites for hydroxylation is 1. The van der Waals surface area contributed by atoms with Crippen molar-refractivity contribution in [2.45, 2.75) is 19.0 Å². The van der Waals surface area contributed by atoms with Crippen molar-refractivity contribution in [2.75, 3.05) is 5.73 Å². The van der Waals surface area contributed by atoms with Gasteiger partial charge < -0.3 is 5.73 Å². The number of anilines is 1. The predicted molar refractivity (Wildman–Crippen MR) is 49.5 cm³/mol. The zero-order chi connectivity index (χ0) is 10.8. The molecule has 1 aromatic rings. The van der Waals surface area contributed by atoms with Crippen LogP contribution in [0.2, 0.25) is 0 Å². The minimum Gasteiger partial charge on any atom is -0.399 e. The number of nitrogens with two attached hydrogens (primary N) is 1. The van der Waals surface area contributed by atoms with E-state index >= 15 is 0 Å². The number of nitrogen functional groups attached to an aromatic ring is 1. The quantitative estimate of drug-likeness (QED) is 0.733. The van der Waals surface area contributed by atoms with Gasteiger partial charge in [-0.1, -0.05) is 6.92 Å². The van der Waals surface area contributed by atoms with Crippen molar-refractivity contribution in [3.8, 4) is 0 Å². The summed E-state index contributed by atoms with van der Waals surface area (Å²) in [7, 11) is 0. The number of alkyl halides is 3. The smallest absolute Gasteiger partial charge is 0.399 e. The van der Waals surface area contributed by atoms with Crippen LogP contribution in [0.25, 0.3) is 0 Å². The van der Waals surface area contributed by atoms with Gasteiger partial charge in [0.25, 0.3) is 0 Å². The highest BCUT2D eigenvalue weighted by Gasteiger charge is 2.30. The standard InChI is InChI=1S/C10H11F3N/c1-2-3-7-4-8(10(11,12)13)6-9(14)5-7/h4-6H,1-3,14H2. The summed E-state index contributed by atoms with van der Waals surface area (Å²) in [6, 6.07) is 3.59. The van der Waals surface area contributed by atoms with Gasteiger partial charge in [-0.05, 0) is 36.6 Å². The molecule has 0 spiro atoms. The number of hydrogen-bond acceptors (Lipinski definition) is 1. The highest BCUT2D eigenvalue weighted by Crippen LogP contribution is 2.31. The van der Waals surface area contributed by atoms with Gasteiger partial charge in [-0.25, -0.2) is 0 Å². The average molecular weight is 202 g/mol. The zero-order valence-electron chi connectivity index (χ0n) is 7.56. The molecule has 2 N–H and O–H groups in total. The van der Waals surface area contributed by atoms with Crippen LogP contribution in [-0.2, 0) is 12.6 Å². The van der Waals surface area contributed by atoms with E-state index in [4.69, 9.17) is 5.73 Å². The second-order valence-electron chi connectivity index (χ2n) is 3.06. The molecule has 0 saturated heterocycles. The minimum absolute atomic E-state index is 0.142. The van der Waals surface area contributed by atoms with Crippen molar-refractivity contribution < 1.29 is 13.2 Å². The molecule has 0 aromatic heterocycles. The maximum Gasteiger partial charge on any atom is 0.416 e. The molecule has 77 valence electrons. The fraction of sp³-hybridized carbons (Fsp3) is 0.300. The zero-order valence-corrected chi connectivity index (χ0v) is 7.56. The van der Waals surface area contributed by atoms with Crippen LogP contribution in [0.4, 0.5) is 18.9 Å². The Bertz CT molecular complexity index is 318. The van der Waals surface area contributed by atoms with Crippen molar-refractivity contribution in [1.29, 1.82) is 0 Å². The van der Waals surface area contributed by atoms with Gasteiger partial charge in [-0.3, -0.25) is 0 Å². The van der Waals surface area contributed by atoms with E-state index in [9.17, 15) is 13.2 Å². The van der Waals surface area contributed by atoms with Crippen LogP contribution in [0.3, 0.4) is 0 Å². The summed E-state index contributed by atoms with van der Waals surface area (Å²) in [6.07, 6.45) is -3.26. The number of halogens is 3. The van der Waals surface area contributed by atoms with Crippen LogP contribution in [0.1, 0.15) is 17.5 Å². The van der Waals surface area contributed by atoms with Gasteiger partial charge in [0.05, 0.1) is 5.56 Å². The van der Waals surface area contributed by atoms with E-state index in [0.717, 1.165) is 12.1 Å². The SMILES string of the molecule is [CH2]CCc1cc(N)cc(C(F)(F)F)c1. The third-order valence-electron chi connectivity index (χ3n) is 1.81. The first-order valence-corrected chi connectivity index (χ1v) is 4.19. The van der Waals surface area contributed by atoms with Gasteiger partial charge in [0, 0.05) is 5.69 Å². The highest BCUT2D eigenvalue weighted by atomic mass is 19.4. The predicted octanol–water partition coefficient (Wildman–Crippen LogP) is 3.05. The first-order chi connectivity index (χ1) is 6.43. The van der Waals surface area contributed by atoms with Crippen molar-refractivity contribution in [2.24, 2.45) is 0 Å². The third kappa shape index (κ3) is 2.65. The molecule has 0 saturated carbocycles. The van der Waals surface area contributed by atoms with E-state index in [-0.39, 0.29) is 5.69 Å². The van der Waals surface area contributed by atoms with Gasteiger partial charge in [0.2, 0.25) is 0 Å². The van der Waals surface area contributed by atoms with Crippen molar-refractivity contribution >= 4 is 5.69 Å². The number of hydrogen-bond donors (Lipinski definition) is 1. The lowest BCUT2D eigenvalue weighted by molar-refractivity contribution is -0.137. The summed E-state index contributed by atoms with van der Waals surface area (Å²) < 4.78 is 37.0. The van der Waals surface area contributed by atoms with Crippen LogP contribution >= 0.6 is 0 Å². The van der Waals surface area contributed by atoms with Crippen molar-refractivity contribution in [3.63, 3.8) is 0 Å². The Kier molecular flexibility index (Phi) is 3.03. The largest absolute Gasteiger partial charge is 0.416 e. The highest BCUT2D eigenvalue weighted by molar-refractivity contribution is 5.45. The van der Waals surface area contributed by atoms with Crippen LogP contribution in [0.15, 0.2) is 18.2 Å². The molecule has 1 aromatic carbocycles. The van der Waals surface area contributed by atoms with Gasteiger partial charge >= 0.3 is 6.18 Å². The van der Waals surface area contributed by atoms with Crippen molar-refractivity contribution in [1.82, 2.24) is 0 Å². The summed E-state index contributed by atoms with van der Waals surface area (Å²) in [5, 5.41) is 0. The van der Waals surface area contributed by atoms with E-state index in [1.54, 1.807) is 6.07 Å². The molecule has 0 aliphatic rings. The molecular formula is C10H11F3N. The monoisotopic (exact) mass is 202 g/mol. The van der Waals surface area contributed by atoms with Crippen LogP contribution in [0, 0.1) is 6.92 Å². The molecule has 4 heteroatoms. The Balaban J connectivity index is 3.07. The van der Waals surface area contributed by atoms with Gasteiger partial charge in [0.15, 0.2) is 0 Å². The van der Waals surface area contributed by atoms with Crippen LogP contribution in [0.5, 0.6) is 0 Å². The Morgan fingerprint density at radius 2 is 1.86 bits per heavy atom. The Hall–Kier alpha value is -1.19. The maximum absolute atomic E-state index is 12.3. The van der Waals surface area contributed by atoms with Gasteiger partial charge in [0.1, 0.15) is 0 Å². The topological polar surface area (TPSA) is 26.0 Å². The lowest BCUT2D eigenvalue weighted by atomic mass is 10.1. The van der Waals surface area contributed by atoms with Crippen LogP contribution < -0.4 is 5.73 Å². The molecule has 0 atom stereocenters. The van der Waals surface area contributed by atoms with E-state index in [1.165, 1.54) is 0 Å². The number of benzene rings is 1. The molecule has 14 heavy (non-hydrogen) atoms. The Morgan fingerprint density at radius 1 is 1.21 bits per heavy atom. The molecule has 0 unspecified atom stereocenters. The first kappa shape index (κ1) is 10.9. The summed E-state index contributed by atoms with van der Waals surface area (Å²) >= 11 is 0. The number of rotatable bonds is 2. The van der Waals surface area contributed by atoms with Gasteiger partial charge in [-0.15, -0.1) is 0 Å². The molecule has 0 amide bonds. The molecule has 0 bridgehead atoms. The summed E-state index contributed by atoms with van der Waals surface area (Å²) in [6.45, 7) is 3.58. The molecule has 0 aliphatic carbocycles. The third-order valence-corrected chi connectivity index (χ3v) is 1.81. The normalized spacial score (nSPS) is 11.7. The molecule has 0 heterocycles. The second-order valence-corrected chi connectivity index (χ2v) is 3.06. The molecule has 1 nitrogen and oxygen atoms in total. The molecule has 1 rings (SSSR count). The lowest BCUT2D eigenvalue weighted by Gasteiger charge is -2.09. The summed E-state index contributed by atoms with van der Waals surface area (Å²) in [5.41, 5.74) is 5.39. The maximum atomic E-state index is 12.3. The first-order valence-electron chi connectivity index (χ1n) is 4.19. The minimum atomic E-state index is -4.33. The lowest BCUT2D eigenvalue weighted by Crippen LogP contribution is -2.06. The average Bonchev–Trinajstić information content (AvgIpc) is 2.02. The van der Waals surface area contributed by atoms with Crippen LogP contribution in [-0.4, -0.2) is 0 Å². The van der Waals surface area contributed by atoms with E-state index in [1.807, 2.05) is 0 Å². The molecule has 0 fully saturated rings. The fourth-order valence-corrected chi connectivity index (χ4v) is 1.23. The van der Waals surface area contributed by atoms with E-state index in [2.05, 4.69) is 6.92 Å². The van der Waals surface area contributed by atoms with Gasteiger partial charge in [-0.2, -0.15) is 13.2 Å². The summed E-state index contributed by atoms with van der Waals surface area (Å²) in [5.74, 6) is 0. The van der Waals surface area contributed by atoms with E-state index < -0.39 is 11.7 Å². The van der Waals surface area contributed by atoms with E-state index in [0.29, 0.717) is 18.4 Å². The molecular weight excluding hydrogens is 191 g/mol. The summed E-state index contributed by atoms with van der Waals surface area (Å²) in [4.78, 5) is 0.